The average molecular weight is 327 g/mol. The lowest BCUT2D eigenvalue weighted by molar-refractivity contribution is -0.118. The molecular formula is C19H21NO4. The third-order valence-corrected chi connectivity index (χ3v) is 3.64. The van der Waals surface area contributed by atoms with Crippen LogP contribution in [0.25, 0.3) is 0 Å². The van der Waals surface area contributed by atoms with Crippen molar-refractivity contribution >= 4 is 17.9 Å². The predicted octanol–water partition coefficient (Wildman–Crippen LogP) is 3.45. The Balaban J connectivity index is 2.05. The van der Waals surface area contributed by atoms with Crippen LogP contribution in [0.5, 0.6) is 11.5 Å². The number of hydrogen-bond donors (Lipinski definition) is 1. The molecule has 0 saturated carbocycles. The molecule has 126 valence electrons. The Labute approximate surface area is 141 Å². The first-order valence-electron chi connectivity index (χ1n) is 7.58. The SMILES string of the molecule is COc1ccc(OCC(=O)Nc2c(C)cc(C)cc2C)c(C=O)c1. The minimum atomic E-state index is -0.280. The molecule has 0 aliphatic heterocycles. The van der Waals surface area contributed by atoms with E-state index in [-0.39, 0.29) is 12.5 Å². The lowest BCUT2D eigenvalue weighted by Gasteiger charge is -2.14. The maximum absolute atomic E-state index is 12.1. The van der Waals surface area contributed by atoms with Gasteiger partial charge in [-0.05, 0) is 50.1 Å². The fraction of sp³-hybridized carbons (Fsp3) is 0.263. The summed E-state index contributed by atoms with van der Waals surface area (Å²) in [5.41, 5.74) is 4.27. The van der Waals surface area contributed by atoms with Gasteiger partial charge in [0, 0.05) is 5.69 Å². The summed E-state index contributed by atoms with van der Waals surface area (Å²) >= 11 is 0. The zero-order valence-corrected chi connectivity index (χ0v) is 14.3. The fourth-order valence-electron chi connectivity index (χ4n) is 2.57. The first-order valence-corrected chi connectivity index (χ1v) is 7.58. The minimum absolute atomic E-state index is 0.181. The molecular weight excluding hydrogens is 306 g/mol. The largest absolute Gasteiger partial charge is 0.497 e. The molecule has 24 heavy (non-hydrogen) atoms. The van der Waals surface area contributed by atoms with E-state index in [9.17, 15) is 9.59 Å². The van der Waals surface area contributed by atoms with Gasteiger partial charge in [0.05, 0.1) is 12.7 Å². The highest BCUT2D eigenvalue weighted by molar-refractivity contribution is 5.93. The summed E-state index contributed by atoms with van der Waals surface area (Å²) < 4.78 is 10.5. The maximum Gasteiger partial charge on any atom is 0.262 e. The van der Waals surface area contributed by atoms with Crippen LogP contribution in [0.4, 0.5) is 5.69 Å². The second-order valence-corrected chi connectivity index (χ2v) is 5.63. The van der Waals surface area contributed by atoms with Gasteiger partial charge in [-0.15, -0.1) is 0 Å². The van der Waals surface area contributed by atoms with Crippen molar-refractivity contribution in [1.82, 2.24) is 0 Å². The van der Waals surface area contributed by atoms with Gasteiger partial charge in [-0.2, -0.15) is 0 Å². The monoisotopic (exact) mass is 327 g/mol. The fourth-order valence-corrected chi connectivity index (χ4v) is 2.57. The smallest absolute Gasteiger partial charge is 0.262 e. The molecule has 0 saturated heterocycles. The normalized spacial score (nSPS) is 10.2. The molecule has 2 rings (SSSR count). The van der Waals surface area contributed by atoms with Crippen LogP contribution in [0.2, 0.25) is 0 Å². The van der Waals surface area contributed by atoms with Crippen LogP contribution in [0.15, 0.2) is 30.3 Å². The summed E-state index contributed by atoms with van der Waals surface area (Å²) in [6.45, 7) is 5.73. The first-order chi connectivity index (χ1) is 11.4. The van der Waals surface area contributed by atoms with Crippen LogP contribution in [0, 0.1) is 20.8 Å². The van der Waals surface area contributed by atoms with E-state index in [0.717, 1.165) is 22.4 Å². The summed E-state index contributed by atoms with van der Waals surface area (Å²) in [6.07, 6.45) is 0.671. The Morgan fingerprint density at radius 3 is 2.38 bits per heavy atom. The summed E-state index contributed by atoms with van der Waals surface area (Å²) in [7, 11) is 1.52. The van der Waals surface area contributed by atoms with Crippen LogP contribution in [-0.4, -0.2) is 25.9 Å². The van der Waals surface area contributed by atoms with E-state index in [2.05, 4.69) is 5.32 Å². The topological polar surface area (TPSA) is 64.6 Å². The van der Waals surface area contributed by atoms with Crippen molar-refractivity contribution in [2.75, 3.05) is 19.0 Å². The number of amides is 1. The molecule has 5 heteroatoms. The number of methoxy groups -OCH3 is 1. The molecule has 0 radical (unpaired) electrons. The zero-order chi connectivity index (χ0) is 17.7. The highest BCUT2D eigenvalue weighted by Gasteiger charge is 2.11. The van der Waals surface area contributed by atoms with E-state index in [1.54, 1.807) is 18.2 Å². The molecule has 0 fully saturated rings. The summed E-state index contributed by atoms with van der Waals surface area (Å²) in [4.78, 5) is 23.3. The Morgan fingerprint density at radius 2 is 1.79 bits per heavy atom. The van der Waals surface area contributed by atoms with Crippen molar-refractivity contribution in [3.63, 3.8) is 0 Å². The standard InChI is InChI=1S/C19H21NO4/c1-12-7-13(2)19(14(3)8-12)20-18(22)11-24-17-6-5-16(23-4)9-15(17)10-21/h5-10H,11H2,1-4H3,(H,20,22). The molecule has 1 amide bonds. The van der Waals surface area contributed by atoms with Crippen molar-refractivity contribution in [2.24, 2.45) is 0 Å². The number of rotatable bonds is 6. The molecule has 0 bridgehead atoms. The van der Waals surface area contributed by atoms with Crippen LogP contribution in [0.1, 0.15) is 27.0 Å². The van der Waals surface area contributed by atoms with Gasteiger partial charge in [0.1, 0.15) is 11.5 Å². The Morgan fingerprint density at radius 1 is 1.12 bits per heavy atom. The van der Waals surface area contributed by atoms with Crippen LogP contribution in [-0.2, 0) is 4.79 Å². The molecule has 0 heterocycles. The highest BCUT2D eigenvalue weighted by Crippen LogP contribution is 2.24. The third-order valence-electron chi connectivity index (χ3n) is 3.64. The predicted molar refractivity (Wildman–Crippen MR) is 93.2 cm³/mol. The molecule has 0 aliphatic rings. The van der Waals surface area contributed by atoms with E-state index in [1.165, 1.54) is 7.11 Å². The molecule has 0 spiro atoms. The molecule has 0 atom stereocenters. The average Bonchev–Trinajstić information content (AvgIpc) is 2.56. The van der Waals surface area contributed by atoms with Crippen molar-refractivity contribution in [2.45, 2.75) is 20.8 Å². The van der Waals surface area contributed by atoms with Gasteiger partial charge in [-0.1, -0.05) is 17.7 Å². The Bertz CT molecular complexity index is 745. The Kier molecular flexibility index (Phi) is 5.58. The summed E-state index contributed by atoms with van der Waals surface area (Å²) in [5.74, 6) is 0.621. The molecule has 0 aromatic heterocycles. The van der Waals surface area contributed by atoms with Crippen molar-refractivity contribution in [1.29, 1.82) is 0 Å². The zero-order valence-electron chi connectivity index (χ0n) is 14.3. The van der Waals surface area contributed by atoms with Crippen molar-refractivity contribution in [3.05, 3.63) is 52.6 Å². The lowest BCUT2D eigenvalue weighted by atomic mass is 10.1. The number of aldehydes is 1. The van der Waals surface area contributed by atoms with E-state index < -0.39 is 0 Å². The molecule has 2 aromatic rings. The number of carbonyl (C=O) groups is 2. The third kappa shape index (κ3) is 4.13. The van der Waals surface area contributed by atoms with Gasteiger partial charge in [0.2, 0.25) is 0 Å². The second kappa shape index (κ2) is 7.64. The second-order valence-electron chi connectivity index (χ2n) is 5.63. The van der Waals surface area contributed by atoms with Gasteiger partial charge >= 0.3 is 0 Å². The Hall–Kier alpha value is -2.82. The lowest BCUT2D eigenvalue weighted by Crippen LogP contribution is -2.21. The molecule has 0 aliphatic carbocycles. The van der Waals surface area contributed by atoms with Gasteiger partial charge < -0.3 is 14.8 Å². The van der Waals surface area contributed by atoms with Gasteiger partial charge in [0.15, 0.2) is 12.9 Å². The number of benzene rings is 2. The van der Waals surface area contributed by atoms with E-state index in [4.69, 9.17) is 9.47 Å². The van der Waals surface area contributed by atoms with E-state index >= 15 is 0 Å². The molecule has 0 unspecified atom stereocenters. The molecule has 2 aromatic carbocycles. The van der Waals surface area contributed by atoms with E-state index in [1.807, 2.05) is 32.9 Å². The minimum Gasteiger partial charge on any atom is -0.497 e. The number of carbonyl (C=O) groups excluding carboxylic acids is 2. The highest BCUT2D eigenvalue weighted by atomic mass is 16.5. The molecule has 5 nitrogen and oxygen atoms in total. The number of hydrogen-bond acceptors (Lipinski definition) is 4. The van der Waals surface area contributed by atoms with Crippen LogP contribution < -0.4 is 14.8 Å². The maximum atomic E-state index is 12.1. The van der Waals surface area contributed by atoms with Crippen LogP contribution >= 0.6 is 0 Å². The van der Waals surface area contributed by atoms with Crippen molar-refractivity contribution in [3.8, 4) is 11.5 Å². The number of aryl methyl sites for hydroxylation is 3. The van der Waals surface area contributed by atoms with Gasteiger partial charge in [0.25, 0.3) is 5.91 Å². The first kappa shape index (κ1) is 17.5. The van der Waals surface area contributed by atoms with Crippen LogP contribution in [0.3, 0.4) is 0 Å². The molecule has 1 N–H and O–H groups in total. The van der Waals surface area contributed by atoms with Crippen molar-refractivity contribution < 1.29 is 19.1 Å². The van der Waals surface area contributed by atoms with Gasteiger partial charge in [-0.25, -0.2) is 0 Å². The number of ether oxygens (including phenoxy) is 2. The van der Waals surface area contributed by atoms with Gasteiger partial charge in [-0.3, -0.25) is 9.59 Å². The summed E-state index contributed by atoms with van der Waals surface area (Å²) in [6, 6.07) is 8.87. The van der Waals surface area contributed by atoms with E-state index in [0.29, 0.717) is 23.3 Å². The number of nitrogens with one attached hydrogen (secondary N) is 1. The quantitative estimate of drug-likeness (QED) is 0.825. The number of anilines is 1. The summed E-state index contributed by atoms with van der Waals surface area (Å²) in [5, 5.41) is 2.86.